The fourth-order valence-corrected chi connectivity index (χ4v) is 5.94. The molecule has 0 aromatic heterocycles. The number of carboxylic acids is 1. The standard InChI is InChI=1S/C35H20F2O8/c1-14-9-23-28(20-7-4-17(38)11-26(20)44-33(23)15(2)31(14)40)16-3-6-19(22(10-16)35(42)43)29-21-8-5-18(39)12-27(21)45-34-24(29)13-25(36)32(41)30(34)37/h3-13,40-41H,1-2H3,(H,42,43). The number of hydrogen-bond donors (Lipinski definition) is 3. The zero-order valence-corrected chi connectivity index (χ0v) is 23.5. The molecule has 3 N–H and O–H groups in total. The van der Waals surface area contributed by atoms with Crippen LogP contribution in [0.1, 0.15) is 21.5 Å². The second-order valence-electron chi connectivity index (χ2n) is 10.8. The second kappa shape index (κ2) is 9.75. The highest BCUT2D eigenvalue weighted by Crippen LogP contribution is 2.47. The minimum atomic E-state index is -1.41. The molecular formula is C35H20F2O8. The van der Waals surface area contributed by atoms with Crippen LogP contribution < -0.4 is 10.9 Å². The van der Waals surface area contributed by atoms with Gasteiger partial charge in [-0.15, -0.1) is 0 Å². The zero-order chi connectivity index (χ0) is 31.9. The topological polar surface area (TPSA) is 138 Å². The van der Waals surface area contributed by atoms with Gasteiger partial charge in [0.15, 0.2) is 28.0 Å². The van der Waals surface area contributed by atoms with Crippen molar-refractivity contribution >= 4 is 27.9 Å². The van der Waals surface area contributed by atoms with Crippen molar-refractivity contribution in [2.75, 3.05) is 0 Å². The quantitative estimate of drug-likeness (QED) is 0.176. The molecular weight excluding hydrogens is 586 g/mol. The summed E-state index contributed by atoms with van der Waals surface area (Å²) in [5.41, 5.74) is 1.45. The van der Waals surface area contributed by atoms with Crippen LogP contribution in [-0.4, -0.2) is 21.3 Å². The van der Waals surface area contributed by atoms with E-state index in [1.165, 1.54) is 36.4 Å². The molecule has 0 amide bonds. The van der Waals surface area contributed by atoms with E-state index in [4.69, 9.17) is 8.83 Å². The molecule has 0 bridgehead atoms. The number of benzene rings is 5. The normalized spacial score (nSPS) is 11.6. The third-order valence-electron chi connectivity index (χ3n) is 8.04. The largest absolute Gasteiger partial charge is 0.507 e. The summed E-state index contributed by atoms with van der Waals surface area (Å²) < 4.78 is 41.4. The first-order valence-corrected chi connectivity index (χ1v) is 13.6. The van der Waals surface area contributed by atoms with E-state index in [9.17, 15) is 34.1 Å². The van der Waals surface area contributed by atoms with Crippen molar-refractivity contribution in [3.8, 4) is 56.4 Å². The van der Waals surface area contributed by atoms with E-state index in [1.807, 2.05) is 0 Å². The van der Waals surface area contributed by atoms with E-state index in [2.05, 4.69) is 0 Å². The number of rotatable bonds is 3. The summed E-state index contributed by atoms with van der Waals surface area (Å²) in [7, 11) is 0. The molecule has 4 aliphatic rings. The fourth-order valence-electron chi connectivity index (χ4n) is 5.94. The number of aromatic hydroxyl groups is 2. The summed E-state index contributed by atoms with van der Waals surface area (Å²) >= 11 is 0. The smallest absolute Gasteiger partial charge is 0.336 e. The first-order chi connectivity index (χ1) is 21.4. The number of halogens is 2. The van der Waals surface area contributed by atoms with Crippen LogP contribution in [0.4, 0.5) is 8.78 Å². The van der Waals surface area contributed by atoms with Crippen molar-refractivity contribution in [3.63, 3.8) is 0 Å². The van der Waals surface area contributed by atoms with Gasteiger partial charge >= 0.3 is 5.97 Å². The molecule has 10 heteroatoms. The minimum absolute atomic E-state index is 0.0105. The Balaban J connectivity index is 1.60. The lowest BCUT2D eigenvalue weighted by atomic mass is 9.86. The molecule has 0 fully saturated rings. The molecule has 2 heterocycles. The first-order valence-electron chi connectivity index (χ1n) is 13.6. The average molecular weight is 607 g/mol. The maximum atomic E-state index is 15.1. The van der Waals surface area contributed by atoms with Crippen molar-refractivity contribution in [1.29, 1.82) is 0 Å². The lowest BCUT2D eigenvalue weighted by Gasteiger charge is -2.20. The van der Waals surface area contributed by atoms with Gasteiger partial charge in [0.2, 0.25) is 5.82 Å². The Bertz CT molecular complexity index is 2470. The number of fused-ring (bicyclic) bond motifs is 4. The van der Waals surface area contributed by atoms with Gasteiger partial charge in [-0.05, 0) is 73.0 Å². The van der Waals surface area contributed by atoms with E-state index in [0.717, 1.165) is 12.1 Å². The Morgan fingerprint density at radius 2 is 1.27 bits per heavy atom. The molecule has 0 spiro atoms. The number of carboxylic acid groups (broad SMARTS) is 1. The molecule has 222 valence electrons. The maximum absolute atomic E-state index is 15.1. The molecule has 0 unspecified atom stereocenters. The van der Waals surface area contributed by atoms with Crippen molar-refractivity contribution in [2.45, 2.75) is 13.8 Å². The molecule has 45 heavy (non-hydrogen) atoms. The Morgan fingerprint density at radius 3 is 1.91 bits per heavy atom. The molecule has 3 aromatic rings. The van der Waals surface area contributed by atoms with Gasteiger partial charge in [-0.2, -0.15) is 4.39 Å². The van der Waals surface area contributed by atoms with E-state index in [0.29, 0.717) is 38.8 Å². The third kappa shape index (κ3) is 4.14. The number of phenolic OH excluding ortho intramolecular Hbond substituents is 2. The molecule has 2 aliphatic heterocycles. The number of aryl methyl sites for hydroxylation is 2. The minimum Gasteiger partial charge on any atom is -0.507 e. The zero-order valence-electron chi connectivity index (χ0n) is 23.5. The monoisotopic (exact) mass is 606 g/mol. The summed E-state index contributed by atoms with van der Waals surface area (Å²) in [6.45, 7) is 3.37. The van der Waals surface area contributed by atoms with Crippen LogP contribution in [0.3, 0.4) is 0 Å². The van der Waals surface area contributed by atoms with Crippen molar-refractivity contribution in [1.82, 2.24) is 0 Å². The fraction of sp³-hybridized carbons (Fsp3) is 0.0571. The van der Waals surface area contributed by atoms with Gasteiger partial charge in [0.05, 0.1) is 5.56 Å². The van der Waals surface area contributed by atoms with Crippen molar-refractivity contribution < 1.29 is 37.7 Å². The lowest BCUT2D eigenvalue weighted by Crippen LogP contribution is -2.05. The maximum Gasteiger partial charge on any atom is 0.336 e. The summed E-state index contributed by atoms with van der Waals surface area (Å²) in [5, 5.41) is 31.4. The average Bonchev–Trinajstić information content (AvgIpc) is 3.01. The number of aromatic carboxylic acids is 1. The van der Waals surface area contributed by atoms with Crippen LogP contribution >= 0.6 is 0 Å². The molecule has 0 saturated heterocycles. The van der Waals surface area contributed by atoms with Crippen LogP contribution in [0.5, 0.6) is 11.5 Å². The van der Waals surface area contributed by atoms with E-state index in [1.54, 1.807) is 32.0 Å². The van der Waals surface area contributed by atoms with Crippen LogP contribution in [0.25, 0.3) is 66.8 Å². The highest BCUT2D eigenvalue weighted by molar-refractivity contribution is 6.10. The van der Waals surface area contributed by atoms with Crippen LogP contribution in [0.2, 0.25) is 0 Å². The van der Waals surface area contributed by atoms with E-state index in [-0.39, 0.29) is 50.3 Å². The van der Waals surface area contributed by atoms with Crippen LogP contribution in [0, 0.1) is 25.5 Å². The predicted octanol–water partition coefficient (Wildman–Crippen LogP) is 7.45. The second-order valence-corrected chi connectivity index (χ2v) is 10.8. The van der Waals surface area contributed by atoms with Crippen LogP contribution in [0.15, 0.2) is 85.2 Å². The highest BCUT2D eigenvalue weighted by atomic mass is 19.1. The Labute approximate surface area is 251 Å². The van der Waals surface area contributed by atoms with Gasteiger partial charge in [0, 0.05) is 50.7 Å². The number of carbonyl (C=O) groups is 1. The highest BCUT2D eigenvalue weighted by Gasteiger charge is 2.27. The molecule has 2 aliphatic carbocycles. The summed E-state index contributed by atoms with van der Waals surface area (Å²) in [6.07, 6.45) is 0. The Morgan fingerprint density at radius 1 is 0.689 bits per heavy atom. The van der Waals surface area contributed by atoms with Crippen LogP contribution in [-0.2, 0) is 0 Å². The third-order valence-corrected chi connectivity index (χ3v) is 8.04. The first kappa shape index (κ1) is 27.8. The number of hydrogen-bond acceptors (Lipinski definition) is 7. The predicted molar refractivity (Wildman–Crippen MR) is 162 cm³/mol. The summed E-state index contributed by atoms with van der Waals surface area (Å²) in [4.78, 5) is 37.3. The lowest BCUT2D eigenvalue weighted by molar-refractivity contribution is 0.0697. The molecule has 0 radical (unpaired) electrons. The summed E-state index contributed by atoms with van der Waals surface area (Å²) in [6, 6.07) is 14.9. The van der Waals surface area contributed by atoms with Crippen molar-refractivity contribution in [3.05, 3.63) is 116 Å². The molecule has 8 nitrogen and oxygen atoms in total. The van der Waals surface area contributed by atoms with Gasteiger partial charge < -0.3 is 24.2 Å². The molecule has 3 aromatic carbocycles. The SMILES string of the molecule is Cc1cc2c(-c3ccc(-c4c5ccc(=O)cc-5oc5c(F)c(O)c(F)cc45)c(C(=O)O)c3)c3ccc(=O)cc-3oc2c(C)c1O. The van der Waals surface area contributed by atoms with Gasteiger partial charge in [0.25, 0.3) is 0 Å². The molecule has 0 saturated carbocycles. The molecule has 0 atom stereocenters. The molecule has 7 rings (SSSR count). The number of phenols is 2. The van der Waals surface area contributed by atoms with Gasteiger partial charge in [-0.3, -0.25) is 9.59 Å². The van der Waals surface area contributed by atoms with Crippen molar-refractivity contribution in [2.24, 2.45) is 0 Å². The van der Waals surface area contributed by atoms with Gasteiger partial charge in [0.1, 0.15) is 22.9 Å². The van der Waals surface area contributed by atoms with E-state index >= 15 is 4.39 Å². The summed E-state index contributed by atoms with van der Waals surface area (Å²) in [5.74, 6) is -5.21. The van der Waals surface area contributed by atoms with E-state index < -0.39 is 34.4 Å². The van der Waals surface area contributed by atoms with Gasteiger partial charge in [-0.1, -0.05) is 12.1 Å². The Kier molecular flexibility index (Phi) is 6.02. The van der Waals surface area contributed by atoms with Gasteiger partial charge in [-0.25, -0.2) is 9.18 Å². The Hall–Kier alpha value is -6.03.